The van der Waals surface area contributed by atoms with Crippen LogP contribution in [-0.4, -0.2) is 30.3 Å². The molecule has 1 unspecified atom stereocenters. The van der Waals surface area contributed by atoms with Crippen LogP contribution in [0.5, 0.6) is 0 Å². The van der Waals surface area contributed by atoms with Crippen LogP contribution in [0.25, 0.3) is 0 Å². The maximum atomic E-state index is 14.6. The molecule has 1 aromatic carbocycles. The zero-order valence-electron chi connectivity index (χ0n) is 13.0. The minimum atomic E-state index is -0.490. The SMILES string of the molecule is NCC1CN(c2ccc(N3Cc4cccnc4C3)c(F)c2)C(=O)O1. The maximum Gasteiger partial charge on any atom is 0.414 e. The number of carbonyl (C=O) groups is 1. The van der Waals surface area contributed by atoms with Crippen molar-refractivity contribution in [3.8, 4) is 0 Å². The predicted octanol–water partition coefficient (Wildman–Crippen LogP) is 2.02. The van der Waals surface area contributed by atoms with Gasteiger partial charge in [0.15, 0.2) is 0 Å². The first kappa shape index (κ1) is 14.9. The number of carbonyl (C=O) groups excluding carboxylic acids is 1. The average molecular weight is 328 g/mol. The number of pyridine rings is 1. The van der Waals surface area contributed by atoms with Crippen molar-refractivity contribution in [1.82, 2.24) is 4.98 Å². The predicted molar refractivity (Wildman–Crippen MR) is 87.2 cm³/mol. The summed E-state index contributed by atoms with van der Waals surface area (Å²) in [6, 6.07) is 8.68. The highest BCUT2D eigenvalue weighted by atomic mass is 19.1. The summed E-state index contributed by atoms with van der Waals surface area (Å²) in [7, 11) is 0. The van der Waals surface area contributed by atoms with E-state index in [-0.39, 0.29) is 18.5 Å². The summed E-state index contributed by atoms with van der Waals surface area (Å²) in [5.74, 6) is -0.371. The molecule has 2 aliphatic rings. The van der Waals surface area contributed by atoms with E-state index in [4.69, 9.17) is 10.5 Å². The Bertz CT molecular complexity index is 773. The molecule has 4 rings (SSSR count). The molecule has 1 fully saturated rings. The fourth-order valence-electron chi connectivity index (χ4n) is 3.15. The third kappa shape index (κ3) is 2.46. The van der Waals surface area contributed by atoms with Gasteiger partial charge in [-0.15, -0.1) is 0 Å². The number of hydrogen-bond donors (Lipinski definition) is 1. The fourth-order valence-corrected chi connectivity index (χ4v) is 3.15. The molecular formula is C17H17FN4O2. The summed E-state index contributed by atoms with van der Waals surface area (Å²) in [6.45, 7) is 1.79. The van der Waals surface area contributed by atoms with Crippen LogP contribution in [-0.2, 0) is 17.8 Å². The quantitative estimate of drug-likeness (QED) is 0.933. The number of anilines is 2. The number of benzene rings is 1. The van der Waals surface area contributed by atoms with Crippen LogP contribution in [0.3, 0.4) is 0 Å². The van der Waals surface area contributed by atoms with Crippen molar-refractivity contribution in [2.24, 2.45) is 5.73 Å². The summed E-state index contributed by atoms with van der Waals surface area (Å²) in [5, 5.41) is 0. The highest BCUT2D eigenvalue weighted by Crippen LogP contribution is 2.32. The van der Waals surface area contributed by atoms with Gasteiger partial charge in [0.05, 0.1) is 30.2 Å². The highest BCUT2D eigenvalue weighted by Gasteiger charge is 2.32. The van der Waals surface area contributed by atoms with Crippen LogP contribution in [0.15, 0.2) is 36.5 Å². The first-order valence-electron chi connectivity index (χ1n) is 7.81. The Labute approximate surface area is 138 Å². The van der Waals surface area contributed by atoms with E-state index in [1.807, 2.05) is 17.0 Å². The van der Waals surface area contributed by atoms with Gasteiger partial charge >= 0.3 is 6.09 Å². The van der Waals surface area contributed by atoms with Crippen LogP contribution in [0, 0.1) is 5.82 Å². The molecule has 0 spiro atoms. The molecule has 1 atom stereocenters. The van der Waals surface area contributed by atoms with Crippen LogP contribution in [0.4, 0.5) is 20.6 Å². The lowest BCUT2D eigenvalue weighted by molar-refractivity contribution is 0.145. The number of nitrogens with two attached hydrogens (primary N) is 1. The Kier molecular flexibility index (Phi) is 3.57. The van der Waals surface area contributed by atoms with Crippen molar-refractivity contribution in [2.45, 2.75) is 19.2 Å². The van der Waals surface area contributed by atoms with Crippen LogP contribution in [0.2, 0.25) is 0 Å². The maximum absolute atomic E-state index is 14.6. The van der Waals surface area contributed by atoms with Gasteiger partial charge in [0, 0.05) is 19.3 Å². The Balaban J connectivity index is 1.57. The molecule has 2 aromatic rings. The molecule has 2 aliphatic heterocycles. The number of ether oxygens (including phenoxy) is 1. The number of aromatic nitrogens is 1. The molecule has 1 amide bonds. The zero-order valence-corrected chi connectivity index (χ0v) is 13.0. The van der Waals surface area contributed by atoms with E-state index in [9.17, 15) is 9.18 Å². The fraction of sp³-hybridized carbons (Fsp3) is 0.294. The Morgan fingerprint density at radius 3 is 2.92 bits per heavy atom. The second-order valence-electron chi connectivity index (χ2n) is 5.95. The first-order chi connectivity index (χ1) is 11.7. The monoisotopic (exact) mass is 328 g/mol. The molecule has 6 nitrogen and oxygen atoms in total. The van der Waals surface area contributed by atoms with Gasteiger partial charge in [0.25, 0.3) is 0 Å². The molecule has 0 aliphatic carbocycles. The van der Waals surface area contributed by atoms with Gasteiger partial charge in [0.1, 0.15) is 11.9 Å². The Hall–Kier alpha value is -2.67. The van der Waals surface area contributed by atoms with Crippen LogP contribution in [0.1, 0.15) is 11.3 Å². The molecule has 7 heteroatoms. The van der Waals surface area contributed by atoms with Crippen molar-refractivity contribution < 1.29 is 13.9 Å². The minimum Gasteiger partial charge on any atom is -0.443 e. The lowest BCUT2D eigenvalue weighted by Gasteiger charge is -2.20. The molecule has 1 saturated heterocycles. The second kappa shape index (κ2) is 5.76. The Morgan fingerprint density at radius 1 is 1.33 bits per heavy atom. The van der Waals surface area contributed by atoms with Gasteiger partial charge in [0.2, 0.25) is 0 Å². The summed E-state index contributed by atoms with van der Waals surface area (Å²) in [4.78, 5) is 19.5. The van der Waals surface area contributed by atoms with E-state index >= 15 is 0 Å². The summed E-state index contributed by atoms with van der Waals surface area (Å²) >= 11 is 0. The van der Waals surface area contributed by atoms with Crippen molar-refractivity contribution in [2.75, 3.05) is 22.9 Å². The van der Waals surface area contributed by atoms with Gasteiger partial charge in [-0.2, -0.15) is 0 Å². The van der Waals surface area contributed by atoms with E-state index in [2.05, 4.69) is 4.98 Å². The van der Waals surface area contributed by atoms with Gasteiger partial charge < -0.3 is 15.4 Å². The summed E-state index contributed by atoms with van der Waals surface area (Å²) in [5.41, 5.74) is 8.58. The van der Waals surface area contributed by atoms with Gasteiger partial charge in [-0.1, -0.05) is 6.07 Å². The van der Waals surface area contributed by atoms with Crippen molar-refractivity contribution in [3.05, 3.63) is 53.6 Å². The molecule has 0 radical (unpaired) electrons. The molecular weight excluding hydrogens is 311 g/mol. The van der Waals surface area contributed by atoms with Gasteiger partial charge in [-0.25, -0.2) is 9.18 Å². The molecule has 24 heavy (non-hydrogen) atoms. The number of hydrogen-bond acceptors (Lipinski definition) is 5. The smallest absolute Gasteiger partial charge is 0.414 e. The number of halogens is 1. The summed E-state index contributed by atoms with van der Waals surface area (Å²) < 4.78 is 19.7. The lowest BCUT2D eigenvalue weighted by atomic mass is 10.2. The molecule has 0 saturated carbocycles. The normalized spacial score (nSPS) is 19.6. The summed E-state index contributed by atoms with van der Waals surface area (Å²) in [6.07, 6.45) is 0.907. The zero-order chi connectivity index (χ0) is 16.7. The van der Waals surface area contributed by atoms with Crippen molar-refractivity contribution in [3.63, 3.8) is 0 Å². The van der Waals surface area contributed by atoms with Crippen LogP contribution >= 0.6 is 0 Å². The van der Waals surface area contributed by atoms with E-state index in [0.29, 0.717) is 31.0 Å². The number of amides is 1. The van der Waals surface area contributed by atoms with Crippen molar-refractivity contribution in [1.29, 1.82) is 0 Å². The van der Waals surface area contributed by atoms with Gasteiger partial charge in [-0.05, 0) is 29.8 Å². The number of fused-ring (bicyclic) bond motifs is 1. The Morgan fingerprint density at radius 2 is 2.21 bits per heavy atom. The highest BCUT2D eigenvalue weighted by molar-refractivity contribution is 5.90. The average Bonchev–Trinajstić information content (AvgIpc) is 3.17. The molecule has 0 bridgehead atoms. The van der Waals surface area contributed by atoms with Gasteiger partial charge in [-0.3, -0.25) is 9.88 Å². The topological polar surface area (TPSA) is 71.7 Å². The van der Waals surface area contributed by atoms with E-state index in [1.165, 1.54) is 11.0 Å². The minimum absolute atomic E-state index is 0.252. The van der Waals surface area contributed by atoms with E-state index < -0.39 is 6.09 Å². The third-order valence-electron chi connectivity index (χ3n) is 4.41. The number of cyclic esters (lactones) is 1. The largest absolute Gasteiger partial charge is 0.443 e. The van der Waals surface area contributed by atoms with E-state index in [0.717, 1.165) is 11.3 Å². The van der Waals surface area contributed by atoms with Crippen molar-refractivity contribution >= 4 is 17.5 Å². The van der Waals surface area contributed by atoms with E-state index in [1.54, 1.807) is 18.3 Å². The lowest BCUT2D eigenvalue weighted by Crippen LogP contribution is -2.27. The second-order valence-corrected chi connectivity index (χ2v) is 5.95. The molecule has 124 valence electrons. The van der Waals surface area contributed by atoms with Crippen LogP contribution < -0.4 is 15.5 Å². The third-order valence-corrected chi connectivity index (χ3v) is 4.41. The number of nitrogens with zero attached hydrogens (tertiary/aromatic N) is 3. The number of rotatable bonds is 3. The first-order valence-corrected chi connectivity index (χ1v) is 7.81. The molecule has 2 N–H and O–H groups in total. The molecule has 3 heterocycles. The standard InChI is InChI=1S/C17H17FN4O2/c18-14-6-12(22-9-13(7-19)24-17(22)23)3-4-16(14)21-8-11-2-1-5-20-15(11)10-21/h1-6,13H,7-10,19H2. The molecule has 1 aromatic heterocycles.